The van der Waals surface area contributed by atoms with Gasteiger partial charge in [0.15, 0.2) is 17.2 Å². The number of hydrogen-bond donors (Lipinski definition) is 0. The van der Waals surface area contributed by atoms with E-state index in [9.17, 15) is 9.59 Å². The third kappa shape index (κ3) is 3.30. The maximum absolute atomic E-state index is 12.9. The van der Waals surface area contributed by atoms with E-state index >= 15 is 0 Å². The Kier molecular flexibility index (Phi) is 4.93. The summed E-state index contributed by atoms with van der Waals surface area (Å²) in [6, 6.07) is 5.54. The molecular formula is C20H23N3O5. The van der Waals surface area contributed by atoms with Gasteiger partial charge in [-0.15, -0.1) is 0 Å². The van der Waals surface area contributed by atoms with E-state index in [2.05, 4.69) is 5.10 Å². The lowest BCUT2D eigenvalue weighted by Gasteiger charge is -2.28. The van der Waals surface area contributed by atoms with Crippen molar-refractivity contribution in [2.24, 2.45) is 0 Å². The van der Waals surface area contributed by atoms with Gasteiger partial charge in [0, 0.05) is 37.3 Å². The number of hydrogen-bond acceptors (Lipinski definition) is 6. The second kappa shape index (κ2) is 7.53. The Hall–Kier alpha value is -3.03. The van der Waals surface area contributed by atoms with Crippen LogP contribution in [0.2, 0.25) is 0 Å². The predicted molar refractivity (Wildman–Crippen MR) is 99.2 cm³/mol. The first-order chi connectivity index (χ1) is 13.6. The van der Waals surface area contributed by atoms with Gasteiger partial charge in [0.25, 0.3) is 0 Å². The summed E-state index contributed by atoms with van der Waals surface area (Å²) in [6.07, 6.45) is 0.936. The van der Waals surface area contributed by atoms with Crippen molar-refractivity contribution >= 4 is 11.9 Å². The van der Waals surface area contributed by atoms with Crippen molar-refractivity contribution in [1.29, 1.82) is 0 Å². The van der Waals surface area contributed by atoms with Gasteiger partial charge in [-0.3, -0.25) is 9.48 Å². The summed E-state index contributed by atoms with van der Waals surface area (Å²) in [4.78, 5) is 26.9. The number of aryl methyl sites for hydroxylation is 1. The number of benzene rings is 1. The highest BCUT2D eigenvalue weighted by Gasteiger charge is 2.30. The minimum Gasteiger partial charge on any atom is -0.461 e. The summed E-state index contributed by atoms with van der Waals surface area (Å²) in [5.41, 5.74) is 3.00. The summed E-state index contributed by atoms with van der Waals surface area (Å²) >= 11 is 0. The van der Waals surface area contributed by atoms with Crippen LogP contribution in [0.4, 0.5) is 0 Å². The summed E-state index contributed by atoms with van der Waals surface area (Å²) in [7, 11) is 0. The monoisotopic (exact) mass is 385 g/mol. The molecule has 0 bridgehead atoms. The molecule has 28 heavy (non-hydrogen) atoms. The Balaban J connectivity index is 1.52. The molecule has 8 heteroatoms. The number of carbonyl (C=O) groups is 2. The zero-order valence-electron chi connectivity index (χ0n) is 16.1. The molecule has 0 aliphatic carbocycles. The van der Waals surface area contributed by atoms with Crippen molar-refractivity contribution in [2.75, 3.05) is 19.9 Å². The molecule has 1 aromatic heterocycles. The van der Waals surface area contributed by atoms with Crippen molar-refractivity contribution in [1.82, 2.24) is 14.7 Å². The Morgan fingerprint density at radius 2 is 2.04 bits per heavy atom. The molecule has 2 aliphatic rings. The molecule has 0 radical (unpaired) electrons. The molecule has 0 saturated heterocycles. The van der Waals surface area contributed by atoms with E-state index in [1.165, 1.54) is 0 Å². The van der Waals surface area contributed by atoms with Crippen LogP contribution in [0.3, 0.4) is 0 Å². The Labute approximate surface area is 163 Å². The van der Waals surface area contributed by atoms with E-state index in [0.717, 1.165) is 16.8 Å². The van der Waals surface area contributed by atoms with Gasteiger partial charge in [-0.25, -0.2) is 4.79 Å². The first kappa shape index (κ1) is 18.3. The zero-order valence-corrected chi connectivity index (χ0v) is 16.1. The van der Waals surface area contributed by atoms with Gasteiger partial charge in [0.05, 0.1) is 13.0 Å². The van der Waals surface area contributed by atoms with Gasteiger partial charge in [-0.2, -0.15) is 5.10 Å². The van der Waals surface area contributed by atoms with Crippen LogP contribution in [0.25, 0.3) is 0 Å². The maximum atomic E-state index is 12.9. The fourth-order valence-corrected chi connectivity index (χ4v) is 3.67. The van der Waals surface area contributed by atoms with Gasteiger partial charge in [0.1, 0.15) is 0 Å². The van der Waals surface area contributed by atoms with Crippen molar-refractivity contribution in [3.63, 3.8) is 0 Å². The van der Waals surface area contributed by atoms with Gasteiger partial charge in [-0.05, 0) is 31.5 Å². The largest absolute Gasteiger partial charge is 0.461 e. The highest BCUT2D eigenvalue weighted by Crippen LogP contribution is 2.33. The van der Waals surface area contributed by atoms with Crippen molar-refractivity contribution in [2.45, 2.75) is 39.8 Å². The summed E-state index contributed by atoms with van der Waals surface area (Å²) in [6.45, 7) is 5.89. The molecule has 8 nitrogen and oxygen atoms in total. The van der Waals surface area contributed by atoms with Crippen LogP contribution in [0.5, 0.6) is 11.5 Å². The molecular weight excluding hydrogens is 362 g/mol. The predicted octanol–water partition coefficient (Wildman–Crippen LogP) is 1.94. The van der Waals surface area contributed by atoms with Crippen LogP contribution in [0.1, 0.15) is 41.2 Å². The summed E-state index contributed by atoms with van der Waals surface area (Å²) < 4.78 is 17.7. The fourth-order valence-electron chi connectivity index (χ4n) is 3.67. The van der Waals surface area contributed by atoms with Gasteiger partial charge < -0.3 is 19.1 Å². The quantitative estimate of drug-likeness (QED) is 0.732. The van der Waals surface area contributed by atoms with Crippen LogP contribution >= 0.6 is 0 Å². The Morgan fingerprint density at radius 3 is 2.82 bits per heavy atom. The summed E-state index contributed by atoms with van der Waals surface area (Å²) in [5.74, 6) is 0.935. The lowest BCUT2D eigenvalue weighted by atomic mass is 10.0. The average molecular weight is 385 g/mol. The molecule has 0 spiro atoms. The first-order valence-corrected chi connectivity index (χ1v) is 9.52. The molecule has 0 unspecified atom stereocenters. The molecule has 3 heterocycles. The fraction of sp³-hybridized carbons (Fsp3) is 0.450. The number of esters is 1. The SMILES string of the molecule is CCOC(=O)c1nn(CC)c2c1CN(C(=O)Cc1ccc3c(c1)OCO3)CC2. The third-order valence-electron chi connectivity index (χ3n) is 5.05. The third-order valence-corrected chi connectivity index (χ3v) is 5.05. The molecule has 0 fully saturated rings. The topological polar surface area (TPSA) is 82.9 Å². The van der Waals surface area contributed by atoms with Crippen LogP contribution in [-0.4, -0.2) is 46.5 Å². The van der Waals surface area contributed by atoms with Gasteiger partial charge in [-0.1, -0.05) is 6.07 Å². The first-order valence-electron chi connectivity index (χ1n) is 9.52. The second-order valence-corrected chi connectivity index (χ2v) is 6.74. The van der Waals surface area contributed by atoms with Crippen LogP contribution in [0, 0.1) is 0 Å². The van der Waals surface area contributed by atoms with Gasteiger partial charge >= 0.3 is 5.97 Å². The second-order valence-electron chi connectivity index (χ2n) is 6.74. The Bertz CT molecular complexity index is 921. The molecule has 4 rings (SSSR count). The zero-order chi connectivity index (χ0) is 19.7. The molecule has 1 amide bonds. The molecule has 1 aromatic carbocycles. The molecule has 148 valence electrons. The van der Waals surface area contributed by atoms with Crippen molar-refractivity contribution < 1.29 is 23.8 Å². The van der Waals surface area contributed by atoms with E-state index < -0.39 is 5.97 Å². The Morgan fingerprint density at radius 1 is 1.21 bits per heavy atom. The standard InChI is InChI=1S/C20H23N3O5/c1-3-23-15-7-8-22(11-14(15)19(21-23)20(25)26-4-2)18(24)10-13-5-6-16-17(9-13)28-12-27-16/h5-6,9H,3-4,7-8,10-12H2,1-2H3. The van der Waals surface area contributed by atoms with Gasteiger partial charge in [0.2, 0.25) is 12.7 Å². The van der Waals surface area contributed by atoms with E-state index in [1.807, 2.05) is 29.8 Å². The van der Waals surface area contributed by atoms with Crippen LogP contribution < -0.4 is 9.47 Å². The molecule has 0 atom stereocenters. The minimum absolute atomic E-state index is 0.00331. The number of rotatable bonds is 5. The van der Waals surface area contributed by atoms with E-state index in [4.69, 9.17) is 14.2 Å². The van der Waals surface area contributed by atoms with Crippen molar-refractivity contribution in [3.8, 4) is 11.5 Å². The highest BCUT2D eigenvalue weighted by molar-refractivity contribution is 5.89. The normalized spacial score (nSPS) is 14.7. The van der Waals surface area contributed by atoms with E-state index in [1.54, 1.807) is 11.8 Å². The molecule has 0 saturated carbocycles. The van der Waals surface area contributed by atoms with E-state index in [-0.39, 0.29) is 19.1 Å². The van der Waals surface area contributed by atoms with Crippen LogP contribution in [0.15, 0.2) is 18.2 Å². The van der Waals surface area contributed by atoms with Crippen molar-refractivity contribution in [3.05, 3.63) is 40.7 Å². The number of fused-ring (bicyclic) bond motifs is 2. The number of carbonyl (C=O) groups excluding carboxylic acids is 2. The molecule has 0 N–H and O–H groups in total. The van der Waals surface area contributed by atoms with E-state index in [0.29, 0.717) is 49.9 Å². The lowest BCUT2D eigenvalue weighted by molar-refractivity contribution is -0.131. The number of amides is 1. The highest BCUT2D eigenvalue weighted by atomic mass is 16.7. The molecule has 2 aliphatic heterocycles. The number of ether oxygens (including phenoxy) is 3. The number of aromatic nitrogens is 2. The average Bonchev–Trinajstić information content (AvgIpc) is 3.31. The smallest absolute Gasteiger partial charge is 0.359 e. The number of nitrogens with zero attached hydrogens (tertiary/aromatic N) is 3. The lowest BCUT2D eigenvalue weighted by Crippen LogP contribution is -2.37. The maximum Gasteiger partial charge on any atom is 0.359 e. The van der Waals surface area contributed by atoms with Crippen LogP contribution in [-0.2, 0) is 35.5 Å². The summed E-state index contributed by atoms with van der Waals surface area (Å²) in [5, 5.41) is 4.42. The molecule has 2 aromatic rings. The minimum atomic E-state index is -0.434.